The predicted octanol–water partition coefficient (Wildman–Crippen LogP) is 4.02. The number of rotatable bonds is 6. The molecule has 0 saturated carbocycles. The Labute approximate surface area is 177 Å². The number of nitrogens with zero attached hydrogens (tertiary/aromatic N) is 5. The molecule has 0 fully saturated rings. The van der Waals surface area contributed by atoms with Gasteiger partial charge in [-0.25, -0.2) is 4.98 Å². The highest BCUT2D eigenvalue weighted by molar-refractivity contribution is 5.94. The maximum absolute atomic E-state index is 12.7. The van der Waals surface area contributed by atoms with Crippen molar-refractivity contribution in [1.29, 1.82) is 0 Å². The van der Waals surface area contributed by atoms with Crippen molar-refractivity contribution in [2.24, 2.45) is 0 Å². The zero-order valence-electron chi connectivity index (χ0n) is 16.5. The molecule has 0 aliphatic carbocycles. The van der Waals surface area contributed by atoms with E-state index < -0.39 is 0 Å². The van der Waals surface area contributed by atoms with Crippen molar-refractivity contribution < 1.29 is 9.32 Å². The Morgan fingerprint density at radius 2 is 1.81 bits per heavy atom. The lowest BCUT2D eigenvalue weighted by Gasteiger charge is -2.07. The second-order valence-electron chi connectivity index (χ2n) is 6.88. The SMILES string of the molecule is O=C(CCc1nc(-c2ccccn2)no1)Nc1c(-c2ccccc2)nc2ccccn12. The van der Waals surface area contributed by atoms with Gasteiger partial charge in [0.2, 0.25) is 17.6 Å². The first-order valence-electron chi connectivity index (χ1n) is 9.84. The predicted molar refractivity (Wildman–Crippen MR) is 115 cm³/mol. The molecule has 0 spiro atoms. The van der Waals surface area contributed by atoms with Crippen LogP contribution in [0.5, 0.6) is 0 Å². The number of anilines is 1. The van der Waals surface area contributed by atoms with Crippen molar-refractivity contribution in [3.05, 3.63) is 85.0 Å². The number of aryl methyl sites for hydroxylation is 1. The van der Waals surface area contributed by atoms with Gasteiger partial charge in [-0.2, -0.15) is 4.98 Å². The lowest BCUT2D eigenvalue weighted by atomic mass is 10.1. The Morgan fingerprint density at radius 1 is 0.968 bits per heavy atom. The van der Waals surface area contributed by atoms with Gasteiger partial charge in [-0.05, 0) is 24.3 Å². The third-order valence-electron chi connectivity index (χ3n) is 4.76. The molecular formula is C23H18N6O2. The van der Waals surface area contributed by atoms with Gasteiger partial charge < -0.3 is 9.84 Å². The maximum Gasteiger partial charge on any atom is 0.227 e. The molecule has 152 valence electrons. The van der Waals surface area contributed by atoms with E-state index in [1.54, 1.807) is 12.3 Å². The number of aromatic nitrogens is 5. The smallest absolute Gasteiger partial charge is 0.227 e. The van der Waals surface area contributed by atoms with Crippen molar-refractivity contribution in [3.63, 3.8) is 0 Å². The summed E-state index contributed by atoms with van der Waals surface area (Å²) in [5, 5.41) is 6.94. The number of imidazole rings is 1. The van der Waals surface area contributed by atoms with Crippen LogP contribution in [-0.2, 0) is 11.2 Å². The molecule has 4 aromatic heterocycles. The molecule has 4 heterocycles. The first-order valence-corrected chi connectivity index (χ1v) is 9.84. The molecular weight excluding hydrogens is 392 g/mol. The number of carbonyl (C=O) groups is 1. The zero-order chi connectivity index (χ0) is 21.0. The lowest BCUT2D eigenvalue weighted by molar-refractivity contribution is -0.116. The molecule has 0 saturated heterocycles. The van der Waals surface area contributed by atoms with Crippen LogP contribution in [0.3, 0.4) is 0 Å². The summed E-state index contributed by atoms with van der Waals surface area (Å²) in [6.07, 6.45) is 4.06. The van der Waals surface area contributed by atoms with E-state index in [0.717, 1.165) is 16.9 Å². The van der Waals surface area contributed by atoms with Crippen molar-refractivity contribution in [2.75, 3.05) is 5.32 Å². The van der Waals surface area contributed by atoms with E-state index in [1.807, 2.05) is 71.3 Å². The molecule has 0 radical (unpaired) electrons. The van der Waals surface area contributed by atoms with E-state index >= 15 is 0 Å². The number of carbonyl (C=O) groups excluding carboxylic acids is 1. The molecule has 1 amide bonds. The van der Waals surface area contributed by atoms with Crippen LogP contribution in [0.2, 0.25) is 0 Å². The largest absolute Gasteiger partial charge is 0.339 e. The van der Waals surface area contributed by atoms with E-state index in [4.69, 9.17) is 9.51 Å². The first kappa shape index (κ1) is 18.7. The molecule has 8 nitrogen and oxygen atoms in total. The minimum Gasteiger partial charge on any atom is -0.339 e. The number of pyridine rings is 2. The average molecular weight is 410 g/mol. The van der Waals surface area contributed by atoms with Gasteiger partial charge in [-0.1, -0.05) is 47.6 Å². The van der Waals surface area contributed by atoms with Crippen LogP contribution in [0, 0.1) is 0 Å². The van der Waals surface area contributed by atoms with Crippen LogP contribution in [-0.4, -0.2) is 30.4 Å². The fraction of sp³-hybridized carbons (Fsp3) is 0.0870. The van der Waals surface area contributed by atoms with Crippen molar-refractivity contribution in [3.8, 4) is 22.8 Å². The van der Waals surface area contributed by atoms with Crippen LogP contribution in [0.4, 0.5) is 5.82 Å². The number of benzene rings is 1. The molecule has 5 aromatic rings. The zero-order valence-corrected chi connectivity index (χ0v) is 16.5. The van der Waals surface area contributed by atoms with E-state index in [2.05, 4.69) is 20.4 Å². The van der Waals surface area contributed by atoms with Crippen LogP contribution in [0.15, 0.2) is 83.6 Å². The van der Waals surface area contributed by atoms with Crippen molar-refractivity contribution in [2.45, 2.75) is 12.8 Å². The summed E-state index contributed by atoms with van der Waals surface area (Å²) in [4.78, 5) is 26.0. The standard InChI is InChI=1S/C23H18N6O2/c30-19(12-13-20-27-22(28-31-20)17-10-4-6-14-24-17)26-23-21(16-8-2-1-3-9-16)25-18-11-5-7-15-29(18)23/h1-11,14-15H,12-13H2,(H,26,30). The van der Waals surface area contributed by atoms with Crippen molar-refractivity contribution >= 4 is 17.4 Å². The molecule has 5 rings (SSSR count). The van der Waals surface area contributed by atoms with Gasteiger partial charge in [-0.15, -0.1) is 0 Å². The van der Waals surface area contributed by atoms with Gasteiger partial charge in [0.05, 0.1) is 0 Å². The number of amides is 1. The van der Waals surface area contributed by atoms with Crippen LogP contribution >= 0.6 is 0 Å². The molecule has 0 bridgehead atoms. The van der Waals surface area contributed by atoms with E-state index in [1.165, 1.54) is 0 Å². The van der Waals surface area contributed by atoms with Crippen LogP contribution in [0.25, 0.3) is 28.4 Å². The molecule has 0 aliphatic rings. The summed E-state index contributed by atoms with van der Waals surface area (Å²) in [7, 11) is 0. The minimum atomic E-state index is -0.166. The topological polar surface area (TPSA) is 98.2 Å². The summed E-state index contributed by atoms with van der Waals surface area (Å²) < 4.78 is 7.14. The van der Waals surface area contributed by atoms with Crippen LogP contribution in [0.1, 0.15) is 12.3 Å². The van der Waals surface area contributed by atoms with Gasteiger partial charge in [-0.3, -0.25) is 14.2 Å². The highest BCUT2D eigenvalue weighted by atomic mass is 16.5. The van der Waals surface area contributed by atoms with Gasteiger partial charge in [0.25, 0.3) is 0 Å². The van der Waals surface area contributed by atoms with E-state index in [-0.39, 0.29) is 12.3 Å². The van der Waals surface area contributed by atoms with E-state index in [9.17, 15) is 4.79 Å². The molecule has 8 heteroatoms. The number of fused-ring (bicyclic) bond motifs is 1. The molecule has 1 N–H and O–H groups in total. The normalized spacial score (nSPS) is 11.0. The van der Waals surface area contributed by atoms with Gasteiger partial charge >= 0.3 is 0 Å². The quantitative estimate of drug-likeness (QED) is 0.454. The third kappa shape index (κ3) is 3.91. The summed E-state index contributed by atoms with van der Waals surface area (Å²) >= 11 is 0. The lowest BCUT2D eigenvalue weighted by Crippen LogP contribution is -2.14. The molecule has 0 atom stereocenters. The molecule has 0 aliphatic heterocycles. The molecule has 0 unspecified atom stereocenters. The number of hydrogen-bond donors (Lipinski definition) is 1. The minimum absolute atomic E-state index is 0.166. The highest BCUT2D eigenvalue weighted by Crippen LogP contribution is 2.28. The van der Waals surface area contributed by atoms with Crippen molar-refractivity contribution in [1.82, 2.24) is 24.5 Å². The van der Waals surface area contributed by atoms with Crippen LogP contribution < -0.4 is 5.32 Å². The first-order chi connectivity index (χ1) is 15.3. The second-order valence-corrected chi connectivity index (χ2v) is 6.88. The maximum atomic E-state index is 12.7. The summed E-state index contributed by atoms with van der Waals surface area (Å²) in [5.41, 5.74) is 3.03. The Morgan fingerprint density at radius 3 is 2.65 bits per heavy atom. The van der Waals surface area contributed by atoms with Gasteiger partial charge in [0, 0.05) is 30.8 Å². The Bertz CT molecular complexity index is 1330. The molecule has 31 heavy (non-hydrogen) atoms. The van der Waals surface area contributed by atoms with Gasteiger partial charge in [0.1, 0.15) is 22.9 Å². The Balaban J connectivity index is 1.34. The summed E-state index contributed by atoms with van der Waals surface area (Å²) in [6.45, 7) is 0. The number of nitrogens with one attached hydrogen (secondary N) is 1. The summed E-state index contributed by atoms with van der Waals surface area (Å²) in [5.74, 6) is 1.26. The number of hydrogen-bond acceptors (Lipinski definition) is 6. The summed E-state index contributed by atoms with van der Waals surface area (Å²) in [6, 6.07) is 21.0. The van der Waals surface area contributed by atoms with Gasteiger partial charge in [0.15, 0.2) is 0 Å². The fourth-order valence-electron chi connectivity index (χ4n) is 3.28. The average Bonchev–Trinajstić information content (AvgIpc) is 3.44. The Hall–Kier alpha value is -4.33. The Kier molecular flexibility index (Phi) is 4.94. The third-order valence-corrected chi connectivity index (χ3v) is 4.76. The second kappa shape index (κ2) is 8.19. The highest BCUT2D eigenvalue weighted by Gasteiger charge is 2.17. The molecule has 1 aromatic carbocycles. The monoisotopic (exact) mass is 410 g/mol. The van der Waals surface area contributed by atoms with E-state index in [0.29, 0.717) is 29.6 Å². The fourth-order valence-corrected chi connectivity index (χ4v) is 3.28.